The Hall–Kier alpha value is -1.48. The SMILES string of the molecule is CON/C=C/Cc1ccc(OC)c(C)c1. The van der Waals surface area contributed by atoms with Crippen molar-refractivity contribution in [2.75, 3.05) is 14.2 Å². The summed E-state index contributed by atoms with van der Waals surface area (Å²) >= 11 is 0. The van der Waals surface area contributed by atoms with Gasteiger partial charge in [0.1, 0.15) is 5.75 Å². The highest BCUT2D eigenvalue weighted by Gasteiger charge is 1.97. The number of aryl methyl sites for hydroxylation is 1. The van der Waals surface area contributed by atoms with E-state index in [0.29, 0.717) is 0 Å². The molecule has 1 N–H and O–H groups in total. The maximum Gasteiger partial charge on any atom is 0.121 e. The first-order valence-corrected chi connectivity index (χ1v) is 4.85. The summed E-state index contributed by atoms with van der Waals surface area (Å²) in [5.41, 5.74) is 5.06. The third-order valence-corrected chi connectivity index (χ3v) is 2.12. The van der Waals surface area contributed by atoms with Gasteiger partial charge in [-0.2, -0.15) is 0 Å². The molecule has 82 valence electrons. The summed E-state index contributed by atoms with van der Waals surface area (Å²) in [7, 11) is 3.27. The first-order chi connectivity index (χ1) is 7.27. The first-order valence-electron chi connectivity index (χ1n) is 4.85. The third kappa shape index (κ3) is 3.64. The van der Waals surface area contributed by atoms with Crippen molar-refractivity contribution in [3.8, 4) is 5.75 Å². The van der Waals surface area contributed by atoms with Gasteiger partial charge in [0.2, 0.25) is 0 Å². The van der Waals surface area contributed by atoms with E-state index < -0.39 is 0 Å². The molecule has 1 rings (SSSR count). The second-order valence-electron chi connectivity index (χ2n) is 3.23. The lowest BCUT2D eigenvalue weighted by Crippen LogP contribution is -2.00. The molecule has 0 fully saturated rings. The van der Waals surface area contributed by atoms with Crippen molar-refractivity contribution >= 4 is 0 Å². The Balaban J connectivity index is 2.59. The molecule has 1 aromatic carbocycles. The van der Waals surface area contributed by atoms with Crippen molar-refractivity contribution in [2.24, 2.45) is 0 Å². The molecule has 15 heavy (non-hydrogen) atoms. The molecule has 1 aromatic rings. The molecule has 0 atom stereocenters. The van der Waals surface area contributed by atoms with E-state index in [1.54, 1.807) is 20.4 Å². The minimum absolute atomic E-state index is 0.876. The zero-order valence-corrected chi connectivity index (χ0v) is 9.41. The molecule has 0 spiro atoms. The number of rotatable bonds is 5. The number of nitrogens with one attached hydrogen (secondary N) is 1. The first kappa shape index (κ1) is 11.6. The fourth-order valence-corrected chi connectivity index (χ4v) is 1.38. The van der Waals surface area contributed by atoms with Crippen molar-refractivity contribution in [3.63, 3.8) is 0 Å². The van der Waals surface area contributed by atoms with Crippen molar-refractivity contribution in [1.29, 1.82) is 0 Å². The summed E-state index contributed by atoms with van der Waals surface area (Å²) in [4.78, 5) is 4.68. The van der Waals surface area contributed by atoms with E-state index in [-0.39, 0.29) is 0 Å². The minimum atomic E-state index is 0.876. The molecule has 0 saturated carbocycles. The average Bonchev–Trinajstić information content (AvgIpc) is 2.25. The van der Waals surface area contributed by atoms with E-state index in [2.05, 4.69) is 22.5 Å². The molecule has 0 aliphatic heterocycles. The Morgan fingerprint density at radius 3 is 2.73 bits per heavy atom. The van der Waals surface area contributed by atoms with Crippen molar-refractivity contribution in [3.05, 3.63) is 41.6 Å². The van der Waals surface area contributed by atoms with Crippen LogP contribution in [0.25, 0.3) is 0 Å². The molecule has 3 heteroatoms. The highest BCUT2D eigenvalue weighted by Crippen LogP contribution is 2.18. The standard InChI is InChI=1S/C12H17NO2/c1-10-9-11(5-4-8-13-15-3)6-7-12(10)14-2/h4,6-9,13H,5H2,1-3H3/b8-4+. The van der Waals surface area contributed by atoms with Gasteiger partial charge in [0.05, 0.1) is 14.2 Å². The second-order valence-corrected chi connectivity index (χ2v) is 3.23. The molecule has 0 aliphatic rings. The topological polar surface area (TPSA) is 30.5 Å². The van der Waals surface area contributed by atoms with Gasteiger partial charge in [0.15, 0.2) is 0 Å². The molecule has 0 aliphatic carbocycles. The van der Waals surface area contributed by atoms with Crippen LogP contribution in [-0.4, -0.2) is 14.2 Å². The number of methoxy groups -OCH3 is 1. The normalized spacial score (nSPS) is 10.6. The number of hydroxylamine groups is 1. The monoisotopic (exact) mass is 207 g/mol. The quantitative estimate of drug-likeness (QED) is 0.751. The lowest BCUT2D eigenvalue weighted by Gasteiger charge is -2.05. The van der Waals surface area contributed by atoms with Crippen molar-refractivity contribution < 1.29 is 9.57 Å². The molecule has 3 nitrogen and oxygen atoms in total. The van der Waals surface area contributed by atoms with Crippen LogP contribution in [0.2, 0.25) is 0 Å². The van der Waals surface area contributed by atoms with Gasteiger partial charge >= 0.3 is 0 Å². The van der Waals surface area contributed by atoms with Crippen LogP contribution in [0.3, 0.4) is 0 Å². The molecule has 0 bridgehead atoms. The smallest absolute Gasteiger partial charge is 0.121 e. The molecular weight excluding hydrogens is 190 g/mol. The number of benzene rings is 1. The summed E-state index contributed by atoms with van der Waals surface area (Å²) in [6, 6.07) is 6.17. The van der Waals surface area contributed by atoms with Crippen LogP contribution in [0, 0.1) is 6.92 Å². The third-order valence-electron chi connectivity index (χ3n) is 2.12. The molecule has 0 unspecified atom stereocenters. The Bertz CT molecular complexity index is 334. The Morgan fingerprint density at radius 1 is 1.33 bits per heavy atom. The highest BCUT2D eigenvalue weighted by molar-refractivity contribution is 5.36. The van der Waals surface area contributed by atoms with Crippen LogP contribution in [0.15, 0.2) is 30.5 Å². The molecule has 0 saturated heterocycles. The number of hydrogen-bond donors (Lipinski definition) is 1. The number of allylic oxidation sites excluding steroid dienone is 1. The van der Waals surface area contributed by atoms with E-state index in [1.807, 2.05) is 19.1 Å². The maximum atomic E-state index is 5.19. The van der Waals surface area contributed by atoms with Crippen LogP contribution in [0.4, 0.5) is 0 Å². The predicted molar refractivity (Wildman–Crippen MR) is 60.7 cm³/mol. The second kappa shape index (κ2) is 6.09. The van der Waals surface area contributed by atoms with Gasteiger partial charge in [-0.15, -0.1) is 0 Å². The Morgan fingerprint density at radius 2 is 2.13 bits per heavy atom. The fraction of sp³-hybridized carbons (Fsp3) is 0.333. The van der Waals surface area contributed by atoms with Crippen LogP contribution in [0.1, 0.15) is 11.1 Å². The zero-order chi connectivity index (χ0) is 11.1. The van der Waals surface area contributed by atoms with Crippen LogP contribution in [-0.2, 0) is 11.3 Å². The zero-order valence-electron chi connectivity index (χ0n) is 9.41. The molecule has 0 amide bonds. The minimum Gasteiger partial charge on any atom is -0.496 e. The fourth-order valence-electron chi connectivity index (χ4n) is 1.38. The van der Waals surface area contributed by atoms with E-state index >= 15 is 0 Å². The summed E-state index contributed by atoms with van der Waals surface area (Å²) in [6.45, 7) is 2.04. The van der Waals surface area contributed by atoms with Crippen LogP contribution in [0.5, 0.6) is 5.75 Å². The summed E-state index contributed by atoms with van der Waals surface area (Å²) < 4.78 is 5.19. The number of hydrogen-bond acceptors (Lipinski definition) is 3. The van der Waals surface area contributed by atoms with E-state index in [0.717, 1.165) is 17.7 Å². The van der Waals surface area contributed by atoms with Gasteiger partial charge in [0, 0.05) is 6.20 Å². The van der Waals surface area contributed by atoms with Crippen molar-refractivity contribution in [1.82, 2.24) is 5.48 Å². The lowest BCUT2D eigenvalue weighted by molar-refractivity contribution is 0.128. The predicted octanol–water partition coefficient (Wildman–Crippen LogP) is 2.21. The van der Waals surface area contributed by atoms with Gasteiger partial charge in [0.25, 0.3) is 0 Å². The van der Waals surface area contributed by atoms with Gasteiger partial charge in [-0.25, -0.2) is 0 Å². The average molecular weight is 207 g/mol. The van der Waals surface area contributed by atoms with Gasteiger partial charge in [-0.3, -0.25) is 10.3 Å². The molecule has 0 aromatic heterocycles. The molecule has 0 heterocycles. The van der Waals surface area contributed by atoms with Gasteiger partial charge in [-0.05, 0) is 30.5 Å². The molecular formula is C12H17NO2. The lowest BCUT2D eigenvalue weighted by atomic mass is 10.1. The van der Waals surface area contributed by atoms with Gasteiger partial charge < -0.3 is 4.74 Å². The van der Waals surface area contributed by atoms with E-state index in [9.17, 15) is 0 Å². The number of ether oxygens (including phenoxy) is 1. The van der Waals surface area contributed by atoms with Crippen LogP contribution >= 0.6 is 0 Å². The van der Waals surface area contributed by atoms with E-state index in [1.165, 1.54) is 5.56 Å². The van der Waals surface area contributed by atoms with Crippen molar-refractivity contribution in [2.45, 2.75) is 13.3 Å². The summed E-state index contributed by atoms with van der Waals surface area (Å²) in [6.07, 6.45) is 4.66. The largest absolute Gasteiger partial charge is 0.496 e. The summed E-state index contributed by atoms with van der Waals surface area (Å²) in [5.74, 6) is 0.928. The maximum absolute atomic E-state index is 5.19. The molecule has 0 radical (unpaired) electrons. The van der Waals surface area contributed by atoms with Gasteiger partial charge in [-0.1, -0.05) is 18.2 Å². The summed E-state index contributed by atoms with van der Waals surface area (Å²) in [5, 5.41) is 0. The Labute approximate surface area is 90.7 Å². The Kier molecular flexibility index (Phi) is 4.71. The van der Waals surface area contributed by atoms with E-state index in [4.69, 9.17) is 4.74 Å². The van der Waals surface area contributed by atoms with Crippen LogP contribution < -0.4 is 10.2 Å². The highest BCUT2D eigenvalue weighted by atomic mass is 16.6.